The Kier molecular flexibility index (Phi) is 4.04. The first-order chi connectivity index (χ1) is 3.95. The fraction of sp³-hybridized carbons (Fsp3) is 1.00. The molecule has 0 aromatic rings. The first-order valence-corrected chi connectivity index (χ1v) is 5.17. The van der Waals surface area contributed by atoms with Crippen molar-refractivity contribution in [3.63, 3.8) is 0 Å². The summed E-state index contributed by atoms with van der Waals surface area (Å²) in [5, 5.41) is 0. The van der Waals surface area contributed by atoms with E-state index in [2.05, 4.69) is 15.9 Å². The van der Waals surface area contributed by atoms with Gasteiger partial charge in [0, 0.05) is 10.7 Å². The Morgan fingerprint density at radius 3 is 2.22 bits per heavy atom. The van der Waals surface area contributed by atoms with Crippen LogP contribution in [0.4, 0.5) is 0 Å². The van der Waals surface area contributed by atoms with Crippen LogP contribution in [0.2, 0.25) is 0 Å². The van der Waals surface area contributed by atoms with E-state index in [1.807, 2.05) is 0 Å². The Hall–Kier alpha value is 0.680. The molecule has 0 rings (SSSR count). The van der Waals surface area contributed by atoms with Gasteiger partial charge in [0.1, 0.15) is 0 Å². The third kappa shape index (κ3) is 6.57. The van der Waals surface area contributed by atoms with Crippen molar-refractivity contribution in [3.8, 4) is 0 Å². The smallest absolute Gasteiger partial charge is 0.266 e. The molecule has 0 bridgehead atoms. The highest BCUT2D eigenvalue weighted by atomic mass is 79.9. The summed E-state index contributed by atoms with van der Waals surface area (Å²) < 4.78 is 28.3. The van der Waals surface area contributed by atoms with Gasteiger partial charge in [0.25, 0.3) is 10.1 Å². The van der Waals surface area contributed by atoms with Crippen LogP contribution in [0.3, 0.4) is 0 Å². The molecule has 1 atom stereocenters. The average Bonchev–Trinajstić information content (AvgIpc) is 1.62. The summed E-state index contributed by atoms with van der Waals surface area (Å²) in [4.78, 5) is -0.367. The van der Waals surface area contributed by atoms with Crippen molar-refractivity contribution in [3.05, 3.63) is 0 Å². The van der Waals surface area contributed by atoms with Gasteiger partial charge in [-0.2, -0.15) is 8.42 Å². The summed E-state index contributed by atoms with van der Waals surface area (Å²) in [5.74, 6) is -0.170. The summed E-state index contributed by atoms with van der Waals surface area (Å²) in [6, 6.07) is 0. The van der Waals surface area contributed by atoms with Gasteiger partial charge in [-0.05, 0) is 0 Å². The monoisotopic (exact) mass is 236 g/mol. The molecule has 0 aromatic carbocycles. The molecule has 56 valence electrons. The molecule has 0 aliphatic rings. The number of halogens is 2. The molecule has 0 aliphatic heterocycles. The molecule has 0 aliphatic carbocycles. The predicted octanol–water partition coefficient (Wildman–Crippen LogP) is 0.877. The van der Waals surface area contributed by atoms with Gasteiger partial charge in [-0.15, -0.1) is 11.6 Å². The van der Waals surface area contributed by atoms with Crippen molar-refractivity contribution in [1.82, 2.24) is 0 Å². The molecule has 0 aromatic heterocycles. The van der Waals surface area contributed by atoms with Gasteiger partial charge in [0.2, 0.25) is 0 Å². The highest BCUT2D eigenvalue weighted by molar-refractivity contribution is 9.09. The zero-order valence-corrected chi connectivity index (χ0v) is 7.58. The molecule has 0 radical (unpaired) electrons. The van der Waals surface area contributed by atoms with Crippen LogP contribution >= 0.6 is 27.5 Å². The number of alkyl halides is 2. The maximum Gasteiger partial charge on any atom is 0.266 e. The lowest BCUT2D eigenvalue weighted by molar-refractivity contribution is 0.483. The molecule has 9 heavy (non-hydrogen) atoms. The van der Waals surface area contributed by atoms with E-state index < -0.39 is 10.1 Å². The highest BCUT2D eigenvalue weighted by Crippen LogP contribution is 2.04. The summed E-state index contributed by atoms with van der Waals surface area (Å²) in [5.41, 5.74) is 0. The lowest BCUT2D eigenvalue weighted by Gasteiger charge is -1.99. The fourth-order valence-corrected chi connectivity index (χ4v) is 2.09. The summed E-state index contributed by atoms with van der Waals surface area (Å²) >= 11 is 8.18. The van der Waals surface area contributed by atoms with E-state index in [9.17, 15) is 8.42 Å². The Morgan fingerprint density at radius 2 is 2.11 bits per heavy atom. The van der Waals surface area contributed by atoms with Crippen molar-refractivity contribution in [2.75, 3.05) is 11.6 Å². The zero-order valence-electron chi connectivity index (χ0n) is 4.42. The first-order valence-electron chi connectivity index (χ1n) is 2.11. The topological polar surface area (TPSA) is 54.4 Å². The number of hydrogen-bond acceptors (Lipinski definition) is 2. The summed E-state index contributed by atoms with van der Waals surface area (Å²) in [6.07, 6.45) is 0. The maximum absolute atomic E-state index is 10.1. The largest absolute Gasteiger partial charge is 0.286 e. The van der Waals surface area contributed by atoms with Gasteiger partial charge in [0.05, 0.1) is 5.75 Å². The molecule has 0 amide bonds. The lowest BCUT2D eigenvalue weighted by Crippen LogP contribution is -2.15. The quantitative estimate of drug-likeness (QED) is 0.585. The normalized spacial score (nSPS) is 15.4. The van der Waals surface area contributed by atoms with Crippen molar-refractivity contribution >= 4 is 37.6 Å². The van der Waals surface area contributed by atoms with Gasteiger partial charge in [-0.1, -0.05) is 15.9 Å². The van der Waals surface area contributed by atoms with Crippen LogP contribution in [0.1, 0.15) is 0 Å². The molecule has 6 heteroatoms. The number of rotatable bonds is 3. The van der Waals surface area contributed by atoms with Crippen LogP contribution in [-0.2, 0) is 10.1 Å². The van der Waals surface area contributed by atoms with Gasteiger partial charge in [-0.3, -0.25) is 4.55 Å². The zero-order chi connectivity index (χ0) is 7.49. The molecule has 0 fully saturated rings. The van der Waals surface area contributed by atoms with Gasteiger partial charge in [-0.25, -0.2) is 0 Å². The summed E-state index contributed by atoms with van der Waals surface area (Å²) in [6.45, 7) is 0. The van der Waals surface area contributed by atoms with Crippen molar-refractivity contribution in [2.45, 2.75) is 4.83 Å². The molecule has 3 nitrogen and oxygen atoms in total. The van der Waals surface area contributed by atoms with E-state index in [-0.39, 0.29) is 16.5 Å². The van der Waals surface area contributed by atoms with Crippen LogP contribution in [0, 0.1) is 0 Å². The van der Waals surface area contributed by atoms with Gasteiger partial charge >= 0.3 is 0 Å². The minimum Gasteiger partial charge on any atom is -0.286 e. The standard InChI is InChI=1S/C3H6BrClO3S/c4-3(1-5)2-9(6,7)8/h3H,1-2H2,(H,6,7,8). The molecular weight excluding hydrogens is 231 g/mol. The minimum absolute atomic E-state index is 0.166. The molecule has 0 heterocycles. The molecule has 1 unspecified atom stereocenters. The minimum atomic E-state index is -3.87. The Morgan fingerprint density at radius 1 is 1.67 bits per heavy atom. The van der Waals surface area contributed by atoms with Crippen LogP contribution < -0.4 is 0 Å². The predicted molar refractivity (Wildman–Crippen MR) is 39.9 cm³/mol. The second-order valence-corrected chi connectivity index (χ2v) is 4.60. The van der Waals surface area contributed by atoms with Crippen molar-refractivity contribution in [2.24, 2.45) is 0 Å². The van der Waals surface area contributed by atoms with Crippen molar-refractivity contribution < 1.29 is 13.0 Å². The van der Waals surface area contributed by atoms with E-state index in [1.54, 1.807) is 0 Å². The molecule has 0 saturated heterocycles. The first kappa shape index (κ1) is 9.68. The molecule has 0 saturated carbocycles. The maximum atomic E-state index is 10.1. The van der Waals surface area contributed by atoms with E-state index in [0.717, 1.165) is 0 Å². The van der Waals surface area contributed by atoms with Crippen molar-refractivity contribution in [1.29, 1.82) is 0 Å². The fourth-order valence-electron chi connectivity index (χ4n) is 0.273. The molecule has 0 spiro atoms. The summed E-state index contributed by atoms with van der Waals surface area (Å²) in [7, 11) is -3.87. The molecular formula is C3H6BrClO3S. The third-order valence-corrected chi connectivity index (χ3v) is 3.20. The van der Waals surface area contributed by atoms with Crippen LogP contribution in [-0.4, -0.2) is 29.4 Å². The second kappa shape index (κ2) is 3.75. The van der Waals surface area contributed by atoms with Crippen LogP contribution in [0.25, 0.3) is 0 Å². The van der Waals surface area contributed by atoms with Crippen LogP contribution in [0.5, 0.6) is 0 Å². The second-order valence-electron chi connectivity index (χ2n) is 1.50. The Bertz CT molecular complexity index is 166. The van der Waals surface area contributed by atoms with E-state index in [1.165, 1.54) is 0 Å². The van der Waals surface area contributed by atoms with E-state index in [4.69, 9.17) is 16.2 Å². The SMILES string of the molecule is O=S(=O)(O)CC(Br)CCl. The van der Waals surface area contributed by atoms with Gasteiger partial charge in [0.15, 0.2) is 0 Å². The van der Waals surface area contributed by atoms with Gasteiger partial charge < -0.3 is 0 Å². The Labute approximate surface area is 67.3 Å². The van der Waals surface area contributed by atoms with Crippen LogP contribution in [0.15, 0.2) is 0 Å². The highest BCUT2D eigenvalue weighted by Gasteiger charge is 2.11. The lowest BCUT2D eigenvalue weighted by atomic mass is 10.6. The average molecular weight is 238 g/mol. The third-order valence-electron chi connectivity index (χ3n) is 0.559. The number of hydrogen-bond donors (Lipinski definition) is 1. The van der Waals surface area contributed by atoms with E-state index >= 15 is 0 Å². The Balaban J connectivity index is 3.75. The van der Waals surface area contributed by atoms with E-state index in [0.29, 0.717) is 0 Å². The molecule has 1 N–H and O–H groups in total.